The van der Waals surface area contributed by atoms with E-state index in [4.69, 9.17) is 9.26 Å². The van der Waals surface area contributed by atoms with Gasteiger partial charge in [-0.25, -0.2) is 4.39 Å². The number of amides is 1. The molecule has 0 aliphatic carbocycles. The van der Waals surface area contributed by atoms with Gasteiger partial charge >= 0.3 is 0 Å². The standard InChI is InChI=1S/C27H32FN5O3/c28-24-9-7-20(8-10-24)26-30-25(36-31-26)19-33-11-3-6-23(18-33)27(34)29-16-21-4-1-2-5-22(21)17-32-12-14-35-15-13-32/h1-2,4-5,7-10,23H,3,6,11-19H2,(H,29,34). The Bertz CT molecular complexity index is 1150. The Morgan fingerprint density at radius 3 is 2.58 bits per heavy atom. The molecular weight excluding hydrogens is 461 g/mol. The Hall–Kier alpha value is -3.14. The lowest BCUT2D eigenvalue weighted by atomic mass is 9.97. The fourth-order valence-electron chi connectivity index (χ4n) is 4.85. The van der Waals surface area contributed by atoms with E-state index in [0.717, 1.165) is 57.8 Å². The second kappa shape index (κ2) is 11.7. The van der Waals surface area contributed by atoms with Gasteiger partial charge in [0.25, 0.3) is 0 Å². The molecule has 0 saturated carbocycles. The number of aromatic nitrogens is 2. The van der Waals surface area contributed by atoms with Gasteiger partial charge in [-0.15, -0.1) is 0 Å². The molecule has 0 radical (unpaired) electrons. The molecule has 1 atom stereocenters. The molecule has 8 nitrogen and oxygen atoms in total. The molecule has 1 N–H and O–H groups in total. The molecule has 2 aliphatic heterocycles. The highest BCUT2D eigenvalue weighted by Crippen LogP contribution is 2.21. The van der Waals surface area contributed by atoms with E-state index in [1.54, 1.807) is 12.1 Å². The van der Waals surface area contributed by atoms with Gasteiger partial charge in [-0.2, -0.15) is 4.98 Å². The first-order valence-corrected chi connectivity index (χ1v) is 12.6. The van der Waals surface area contributed by atoms with E-state index < -0.39 is 0 Å². The number of ether oxygens (including phenoxy) is 1. The Kier molecular flexibility index (Phi) is 8.00. The maximum Gasteiger partial charge on any atom is 0.241 e. The molecule has 2 aromatic carbocycles. The zero-order valence-electron chi connectivity index (χ0n) is 20.4. The average molecular weight is 494 g/mol. The van der Waals surface area contributed by atoms with E-state index >= 15 is 0 Å². The van der Waals surface area contributed by atoms with E-state index in [2.05, 4.69) is 43.5 Å². The quantitative estimate of drug-likeness (QED) is 0.516. The van der Waals surface area contributed by atoms with Crippen molar-refractivity contribution >= 4 is 5.91 Å². The summed E-state index contributed by atoms with van der Waals surface area (Å²) >= 11 is 0. The minimum absolute atomic E-state index is 0.0790. The topological polar surface area (TPSA) is 83.7 Å². The fraction of sp³-hybridized carbons (Fsp3) is 0.444. The molecule has 0 bridgehead atoms. The third-order valence-electron chi connectivity index (χ3n) is 6.87. The number of hydrogen-bond acceptors (Lipinski definition) is 7. The number of piperidine rings is 1. The third kappa shape index (κ3) is 6.34. The molecule has 2 fully saturated rings. The van der Waals surface area contributed by atoms with Gasteiger partial charge in [0.2, 0.25) is 17.6 Å². The number of carbonyl (C=O) groups excluding carboxylic acids is 1. The number of carbonyl (C=O) groups is 1. The monoisotopic (exact) mass is 493 g/mol. The van der Waals surface area contributed by atoms with Gasteiger partial charge < -0.3 is 14.6 Å². The fourth-order valence-corrected chi connectivity index (χ4v) is 4.85. The first-order chi connectivity index (χ1) is 17.6. The lowest BCUT2D eigenvalue weighted by Gasteiger charge is -2.31. The summed E-state index contributed by atoms with van der Waals surface area (Å²) in [5, 5.41) is 7.19. The van der Waals surface area contributed by atoms with Crippen LogP contribution in [0.2, 0.25) is 0 Å². The number of rotatable bonds is 8. The molecule has 9 heteroatoms. The van der Waals surface area contributed by atoms with Crippen LogP contribution in [0.15, 0.2) is 53.1 Å². The van der Waals surface area contributed by atoms with Crippen molar-refractivity contribution in [2.75, 3.05) is 39.4 Å². The van der Waals surface area contributed by atoms with Crippen LogP contribution in [0.3, 0.4) is 0 Å². The van der Waals surface area contributed by atoms with Gasteiger partial charge in [-0.3, -0.25) is 14.6 Å². The van der Waals surface area contributed by atoms with Crippen LogP contribution in [-0.4, -0.2) is 65.2 Å². The highest BCUT2D eigenvalue weighted by atomic mass is 19.1. The SMILES string of the molecule is O=C(NCc1ccccc1CN1CCOCC1)C1CCCN(Cc2nc(-c3ccc(F)cc3)no2)C1. The Labute approximate surface area is 210 Å². The van der Waals surface area contributed by atoms with Crippen LogP contribution < -0.4 is 5.32 Å². The van der Waals surface area contributed by atoms with Gasteiger partial charge in [-0.05, 0) is 54.8 Å². The van der Waals surface area contributed by atoms with Crippen molar-refractivity contribution in [1.82, 2.24) is 25.3 Å². The summed E-state index contributed by atoms with van der Waals surface area (Å²) in [4.78, 5) is 22.1. The summed E-state index contributed by atoms with van der Waals surface area (Å²) in [5.74, 6) is 0.628. The maximum absolute atomic E-state index is 13.2. The van der Waals surface area contributed by atoms with Gasteiger partial charge in [0.15, 0.2) is 0 Å². The van der Waals surface area contributed by atoms with Gasteiger partial charge in [-0.1, -0.05) is 29.4 Å². The average Bonchev–Trinajstić information content (AvgIpc) is 3.37. The van der Waals surface area contributed by atoms with Gasteiger partial charge in [0.1, 0.15) is 5.82 Å². The second-order valence-electron chi connectivity index (χ2n) is 9.47. The molecule has 2 saturated heterocycles. The van der Waals surface area contributed by atoms with E-state index in [-0.39, 0.29) is 17.6 Å². The lowest BCUT2D eigenvalue weighted by Crippen LogP contribution is -2.42. The van der Waals surface area contributed by atoms with Crippen molar-refractivity contribution in [3.8, 4) is 11.4 Å². The maximum atomic E-state index is 13.2. The summed E-state index contributed by atoms with van der Waals surface area (Å²) < 4.78 is 24.1. The van der Waals surface area contributed by atoms with Crippen LogP contribution in [0.1, 0.15) is 29.9 Å². The minimum atomic E-state index is -0.305. The molecule has 1 amide bonds. The van der Waals surface area contributed by atoms with E-state index in [1.165, 1.54) is 17.7 Å². The number of likely N-dealkylation sites (tertiary alicyclic amines) is 1. The van der Waals surface area contributed by atoms with Crippen LogP contribution in [0, 0.1) is 11.7 Å². The van der Waals surface area contributed by atoms with Gasteiger partial charge in [0.05, 0.1) is 25.7 Å². The van der Waals surface area contributed by atoms with Crippen LogP contribution in [0.25, 0.3) is 11.4 Å². The predicted octanol–water partition coefficient (Wildman–Crippen LogP) is 3.24. The van der Waals surface area contributed by atoms with Crippen LogP contribution in [-0.2, 0) is 29.2 Å². The number of nitrogens with zero attached hydrogens (tertiary/aromatic N) is 4. The second-order valence-corrected chi connectivity index (χ2v) is 9.47. The molecule has 1 aromatic heterocycles. The highest BCUT2D eigenvalue weighted by molar-refractivity contribution is 5.79. The summed E-state index contributed by atoms with van der Waals surface area (Å²) in [6.07, 6.45) is 1.80. The summed E-state index contributed by atoms with van der Waals surface area (Å²) in [6, 6.07) is 14.3. The first kappa shape index (κ1) is 24.5. The number of halogens is 1. The van der Waals surface area contributed by atoms with E-state index in [1.807, 2.05) is 6.07 Å². The third-order valence-corrected chi connectivity index (χ3v) is 6.87. The smallest absolute Gasteiger partial charge is 0.241 e. The summed E-state index contributed by atoms with van der Waals surface area (Å²) in [6.45, 7) is 6.82. The van der Waals surface area contributed by atoms with Crippen LogP contribution >= 0.6 is 0 Å². The zero-order chi connectivity index (χ0) is 24.7. The highest BCUT2D eigenvalue weighted by Gasteiger charge is 2.27. The van der Waals surface area contributed by atoms with Crippen molar-refractivity contribution in [2.45, 2.75) is 32.5 Å². The minimum Gasteiger partial charge on any atom is -0.379 e. The van der Waals surface area contributed by atoms with E-state index in [9.17, 15) is 9.18 Å². The lowest BCUT2D eigenvalue weighted by molar-refractivity contribution is -0.127. The molecule has 5 rings (SSSR count). The number of hydrogen-bond donors (Lipinski definition) is 1. The molecular formula is C27H32FN5O3. The Morgan fingerprint density at radius 2 is 1.78 bits per heavy atom. The molecule has 3 aromatic rings. The largest absolute Gasteiger partial charge is 0.379 e. The first-order valence-electron chi connectivity index (χ1n) is 12.6. The van der Waals surface area contributed by atoms with Crippen molar-refractivity contribution in [1.29, 1.82) is 0 Å². The number of benzene rings is 2. The van der Waals surface area contributed by atoms with Crippen LogP contribution in [0.4, 0.5) is 4.39 Å². The molecule has 190 valence electrons. The van der Waals surface area contributed by atoms with Gasteiger partial charge in [0, 0.05) is 38.3 Å². The zero-order valence-corrected chi connectivity index (χ0v) is 20.4. The summed E-state index contributed by atoms with van der Waals surface area (Å²) in [5.41, 5.74) is 3.11. The number of morpholine rings is 1. The van der Waals surface area contributed by atoms with Crippen molar-refractivity contribution in [2.24, 2.45) is 5.92 Å². The number of nitrogens with one attached hydrogen (secondary N) is 1. The Balaban J connectivity index is 1.14. The summed E-state index contributed by atoms with van der Waals surface area (Å²) in [7, 11) is 0. The van der Waals surface area contributed by atoms with Crippen molar-refractivity contribution in [3.63, 3.8) is 0 Å². The van der Waals surface area contributed by atoms with Crippen molar-refractivity contribution in [3.05, 3.63) is 71.4 Å². The molecule has 1 unspecified atom stereocenters. The molecule has 3 heterocycles. The van der Waals surface area contributed by atoms with Crippen molar-refractivity contribution < 1.29 is 18.4 Å². The molecule has 36 heavy (non-hydrogen) atoms. The van der Waals surface area contributed by atoms with E-state index in [0.29, 0.717) is 36.9 Å². The normalized spacial score (nSPS) is 19.3. The Morgan fingerprint density at radius 1 is 1.00 bits per heavy atom. The molecule has 0 spiro atoms. The predicted molar refractivity (Wildman–Crippen MR) is 132 cm³/mol. The van der Waals surface area contributed by atoms with Crippen LogP contribution in [0.5, 0.6) is 0 Å². The molecule has 2 aliphatic rings.